The van der Waals surface area contributed by atoms with Crippen LogP contribution in [0, 0.1) is 0 Å². The summed E-state index contributed by atoms with van der Waals surface area (Å²) in [7, 11) is 0. The van der Waals surface area contributed by atoms with E-state index in [0.717, 1.165) is 28.6 Å². The van der Waals surface area contributed by atoms with Crippen molar-refractivity contribution >= 4 is 22.3 Å². The number of alkyl halides is 3. The smallest absolute Gasteiger partial charge is 0.357 e. The zero-order valence-corrected chi connectivity index (χ0v) is 17.9. The molecule has 0 aliphatic carbocycles. The van der Waals surface area contributed by atoms with Crippen LogP contribution in [0.4, 0.5) is 13.2 Å². The van der Waals surface area contributed by atoms with Crippen molar-refractivity contribution < 1.29 is 18.0 Å². The summed E-state index contributed by atoms with van der Waals surface area (Å²) in [6.45, 7) is 1.65. The highest BCUT2D eigenvalue weighted by molar-refractivity contribution is 5.96. The molecule has 0 amide bonds. The molecule has 5 aromatic rings. The lowest BCUT2D eigenvalue weighted by Gasteiger charge is -2.08. The number of benzene rings is 2. The van der Waals surface area contributed by atoms with Gasteiger partial charge in [-0.15, -0.1) is 10.2 Å². The standard InChI is InChI=1S/C24H17F3N6O/c1-15(32-34-19-6-2-5-18(14-19)24(25,26)27)20-9-10-22-29-30-23(33(22)31-20)13-16-7-8-21-17(12-16)4-3-11-28-21/h2-12,14H,13H2,1H3/b32-15+. The summed E-state index contributed by atoms with van der Waals surface area (Å²) in [5, 5.41) is 17.9. The molecule has 7 nitrogen and oxygen atoms in total. The van der Waals surface area contributed by atoms with E-state index >= 15 is 0 Å². The Morgan fingerprint density at radius 1 is 1.00 bits per heavy atom. The summed E-state index contributed by atoms with van der Waals surface area (Å²) >= 11 is 0. The van der Waals surface area contributed by atoms with Gasteiger partial charge in [0, 0.05) is 18.0 Å². The molecule has 0 saturated heterocycles. The van der Waals surface area contributed by atoms with Crippen LogP contribution in [0.3, 0.4) is 0 Å². The second kappa shape index (κ2) is 8.54. The molecule has 3 heterocycles. The Kier molecular flexibility index (Phi) is 5.40. The second-order valence-electron chi connectivity index (χ2n) is 7.61. The van der Waals surface area contributed by atoms with Crippen LogP contribution >= 0.6 is 0 Å². The van der Waals surface area contributed by atoms with Crippen LogP contribution in [-0.2, 0) is 12.6 Å². The molecule has 0 aliphatic rings. The van der Waals surface area contributed by atoms with E-state index in [4.69, 9.17) is 4.84 Å². The molecule has 34 heavy (non-hydrogen) atoms. The molecule has 0 N–H and O–H groups in total. The highest BCUT2D eigenvalue weighted by Crippen LogP contribution is 2.31. The molecule has 3 aromatic heterocycles. The highest BCUT2D eigenvalue weighted by Gasteiger charge is 2.30. The monoisotopic (exact) mass is 462 g/mol. The van der Waals surface area contributed by atoms with Crippen molar-refractivity contribution in [2.45, 2.75) is 19.5 Å². The zero-order chi connectivity index (χ0) is 23.7. The van der Waals surface area contributed by atoms with E-state index in [2.05, 4.69) is 25.4 Å². The lowest BCUT2D eigenvalue weighted by atomic mass is 10.1. The topological polar surface area (TPSA) is 77.6 Å². The summed E-state index contributed by atoms with van der Waals surface area (Å²) in [4.78, 5) is 9.55. The zero-order valence-electron chi connectivity index (χ0n) is 17.9. The first-order valence-corrected chi connectivity index (χ1v) is 10.3. The van der Waals surface area contributed by atoms with Crippen LogP contribution in [0.25, 0.3) is 16.6 Å². The van der Waals surface area contributed by atoms with Crippen LogP contribution in [0.15, 0.2) is 78.1 Å². The van der Waals surface area contributed by atoms with E-state index in [1.807, 2.05) is 30.3 Å². The van der Waals surface area contributed by atoms with Gasteiger partial charge in [-0.3, -0.25) is 4.98 Å². The third-order valence-corrected chi connectivity index (χ3v) is 5.18. The van der Waals surface area contributed by atoms with Gasteiger partial charge in [0.1, 0.15) is 11.4 Å². The van der Waals surface area contributed by atoms with Crippen LogP contribution in [0.1, 0.15) is 29.6 Å². The van der Waals surface area contributed by atoms with Crippen molar-refractivity contribution in [3.63, 3.8) is 0 Å². The lowest BCUT2D eigenvalue weighted by Crippen LogP contribution is -2.08. The third-order valence-electron chi connectivity index (χ3n) is 5.18. The number of nitrogens with zero attached hydrogens (tertiary/aromatic N) is 6. The minimum atomic E-state index is -4.46. The van der Waals surface area contributed by atoms with Gasteiger partial charge in [0.05, 0.1) is 11.1 Å². The van der Waals surface area contributed by atoms with Crippen molar-refractivity contribution in [1.82, 2.24) is 24.8 Å². The fourth-order valence-electron chi connectivity index (χ4n) is 3.45. The number of fused-ring (bicyclic) bond motifs is 2. The second-order valence-corrected chi connectivity index (χ2v) is 7.61. The van der Waals surface area contributed by atoms with Gasteiger partial charge in [-0.05, 0) is 61.0 Å². The lowest BCUT2D eigenvalue weighted by molar-refractivity contribution is -0.137. The normalized spacial score (nSPS) is 12.4. The molecular weight excluding hydrogens is 445 g/mol. The average Bonchev–Trinajstić information content (AvgIpc) is 3.24. The molecular formula is C24H17F3N6O. The molecule has 0 atom stereocenters. The van der Waals surface area contributed by atoms with E-state index < -0.39 is 11.7 Å². The van der Waals surface area contributed by atoms with Gasteiger partial charge in [0.15, 0.2) is 17.2 Å². The average molecular weight is 462 g/mol. The molecule has 5 rings (SSSR count). The Morgan fingerprint density at radius 2 is 1.88 bits per heavy atom. The molecule has 170 valence electrons. The number of halogens is 3. The van der Waals surface area contributed by atoms with Crippen LogP contribution in [-0.4, -0.2) is 30.5 Å². The van der Waals surface area contributed by atoms with Gasteiger partial charge >= 0.3 is 6.18 Å². The molecule has 0 saturated carbocycles. The maximum absolute atomic E-state index is 12.9. The molecule has 10 heteroatoms. The van der Waals surface area contributed by atoms with Crippen LogP contribution in [0.5, 0.6) is 5.75 Å². The first kappa shape index (κ1) is 21.5. The maximum atomic E-state index is 12.9. The maximum Gasteiger partial charge on any atom is 0.416 e. The quantitative estimate of drug-likeness (QED) is 0.269. The SMILES string of the molecule is C/C(=N\Oc1cccc(C(F)(F)F)c1)c1ccc2nnc(Cc3ccc4ncccc4c3)n2n1. The largest absolute Gasteiger partial charge is 0.416 e. The Bertz CT molecular complexity index is 1530. The number of rotatable bonds is 5. The summed E-state index contributed by atoms with van der Waals surface area (Å²) < 4.78 is 40.3. The molecule has 0 aliphatic heterocycles. The molecule has 0 fully saturated rings. The summed E-state index contributed by atoms with van der Waals surface area (Å²) in [5.74, 6) is 0.609. The minimum absolute atomic E-state index is 0.0222. The Morgan fingerprint density at radius 3 is 2.74 bits per heavy atom. The molecule has 2 aromatic carbocycles. The van der Waals surface area contributed by atoms with E-state index in [1.165, 1.54) is 12.1 Å². The summed E-state index contributed by atoms with van der Waals surface area (Å²) in [6.07, 6.45) is -2.21. The van der Waals surface area contributed by atoms with Gasteiger partial charge in [-0.1, -0.05) is 23.4 Å². The van der Waals surface area contributed by atoms with Gasteiger partial charge < -0.3 is 4.84 Å². The first-order chi connectivity index (χ1) is 16.4. The highest BCUT2D eigenvalue weighted by atomic mass is 19.4. The fraction of sp³-hybridized carbons (Fsp3) is 0.125. The molecule has 0 spiro atoms. The Labute approximate surface area is 191 Å². The van der Waals surface area contributed by atoms with Crippen molar-refractivity contribution in [3.8, 4) is 5.75 Å². The van der Waals surface area contributed by atoms with Crippen molar-refractivity contribution in [2.24, 2.45) is 5.16 Å². The minimum Gasteiger partial charge on any atom is -0.357 e. The first-order valence-electron chi connectivity index (χ1n) is 10.3. The van der Waals surface area contributed by atoms with Crippen LogP contribution < -0.4 is 4.84 Å². The number of aromatic nitrogens is 5. The van der Waals surface area contributed by atoms with Gasteiger partial charge in [-0.2, -0.15) is 22.8 Å². The van der Waals surface area contributed by atoms with E-state index in [9.17, 15) is 13.2 Å². The van der Waals surface area contributed by atoms with Crippen molar-refractivity contribution in [1.29, 1.82) is 0 Å². The number of hydrogen-bond donors (Lipinski definition) is 0. The van der Waals surface area contributed by atoms with E-state index in [-0.39, 0.29) is 5.75 Å². The third kappa shape index (κ3) is 4.42. The molecule has 0 radical (unpaired) electrons. The summed E-state index contributed by atoms with van der Waals surface area (Å²) in [6, 6.07) is 17.8. The van der Waals surface area contributed by atoms with Crippen LogP contribution in [0.2, 0.25) is 0 Å². The van der Waals surface area contributed by atoms with Crippen molar-refractivity contribution in [3.05, 3.63) is 95.6 Å². The van der Waals surface area contributed by atoms with Gasteiger partial charge in [-0.25, -0.2) is 0 Å². The Balaban J connectivity index is 1.39. The van der Waals surface area contributed by atoms with Gasteiger partial charge in [0.2, 0.25) is 0 Å². The number of oxime groups is 1. The summed E-state index contributed by atoms with van der Waals surface area (Å²) in [5.41, 5.74) is 2.55. The van der Waals surface area contributed by atoms with Crippen molar-refractivity contribution in [2.75, 3.05) is 0 Å². The predicted molar refractivity (Wildman–Crippen MR) is 120 cm³/mol. The predicted octanol–water partition coefficient (Wildman–Crippen LogP) is 5.09. The molecule has 0 unspecified atom stereocenters. The number of hydrogen-bond acceptors (Lipinski definition) is 6. The fourth-order valence-corrected chi connectivity index (χ4v) is 3.45. The van der Waals surface area contributed by atoms with E-state index in [0.29, 0.717) is 29.3 Å². The van der Waals surface area contributed by atoms with E-state index in [1.54, 1.807) is 29.8 Å². The molecule has 0 bridgehead atoms. The number of pyridine rings is 1. The Hall–Kier alpha value is -4.34. The van der Waals surface area contributed by atoms with Gasteiger partial charge in [0.25, 0.3) is 0 Å².